The molecule has 8 heteroatoms. The van der Waals surface area contributed by atoms with E-state index in [1.807, 2.05) is 56.3 Å². The number of hydrogen-bond acceptors (Lipinski definition) is 5. The van der Waals surface area contributed by atoms with Gasteiger partial charge in [0.15, 0.2) is 11.3 Å². The van der Waals surface area contributed by atoms with Gasteiger partial charge >= 0.3 is 6.03 Å². The van der Waals surface area contributed by atoms with Crippen molar-refractivity contribution in [3.8, 4) is 11.5 Å². The number of aromatic nitrogens is 1. The lowest BCUT2D eigenvalue weighted by atomic mass is 9.84. The van der Waals surface area contributed by atoms with Crippen LogP contribution in [0.4, 0.5) is 4.79 Å². The van der Waals surface area contributed by atoms with Crippen molar-refractivity contribution in [2.75, 3.05) is 20.3 Å². The van der Waals surface area contributed by atoms with Crippen LogP contribution >= 0.6 is 0 Å². The van der Waals surface area contributed by atoms with Gasteiger partial charge in [0.1, 0.15) is 11.5 Å². The Morgan fingerprint density at radius 2 is 1.86 bits per heavy atom. The minimum Gasteiger partial charge on any atom is -0.497 e. The van der Waals surface area contributed by atoms with Gasteiger partial charge in [0, 0.05) is 35.5 Å². The van der Waals surface area contributed by atoms with Crippen molar-refractivity contribution in [2.24, 2.45) is 0 Å². The fourth-order valence-corrected chi connectivity index (χ4v) is 5.20. The maximum Gasteiger partial charge on any atom is 0.325 e. The van der Waals surface area contributed by atoms with E-state index in [-0.39, 0.29) is 12.3 Å². The number of benzene rings is 2. The molecule has 2 aromatic carbocycles. The van der Waals surface area contributed by atoms with E-state index in [9.17, 15) is 14.4 Å². The van der Waals surface area contributed by atoms with Gasteiger partial charge in [-0.05, 0) is 50.1 Å². The number of ether oxygens (including phenoxy) is 2. The van der Waals surface area contributed by atoms with Gasteiger partial charge < -0.3 is 19.4 Å². The van der Waals surface area contributed by atoms with Crippen LogP contribution in [0.5, 0.6) is 11.5 Å². The molecule has 0 aliphatic carbocycles. The number of ketones is 1. The number of imide groups is 1. The normalized spacial score (nSPS) is 18.7. The number of methoxy groups -OCH3 is 1. The van der Waals surface area contributed by atoms with Gasteiger partial charge in [-0.1, -0.05) is 30.3 Å². The topological polar surface area (TPSA) is 89.9 Å². The average Bonchev–Trinajstić information content (AvgIpc) is 3.30. The summed E-state index contributed by atoms with van der Waals surface area (Å²) in [7, 11) is 1.64. The number of nitrogens with zero attached hydrogens (tertiary/aromatic N) is 2. The third-order valence-electron chi connectivity index (χ3n) is 7.22. The molecule has 1 saturated heterocycles. The largest absolute Gasteiger partial charge is 0.497 e. The van der Waals surface area contributed by atoms with Crippen molar-refractivity contribution in [3.05, 3.63) is 82.7 Å². The molecule has 1 fully saturated rings. The standard InChI is InChI=1S/C28H29N3O5/c1-18-16-22(19(2)30(18)14-12-20-8-10-21(35-3)11-9-20)24(32)17-31-26(33)28(29-27(31)34)13-15-36-25-7-5-4-6-23(25)28/h4-11,16H,12-15,17H2,1-3H3,(H,29,34)/t28-/m0/s1. The van der Waals surface area contributed by atoms with Crippen LogP contribution in [0.1, 0.15) is 39.3 Å². The van der Waals surface area contributed by atoms with Crippen LogP contribution in [0.2, 0.25) is 0 Å². The molecule has 0 radical (unpaired) electrons. The molecule has 3 amide bonds. The summed E-state index contributed by atoms with van der Waals surface area (Å²) in [5.41, 5.74) is 2.90. The lowest BCUT2D eigenvalue weighted by Crippen LogP contribution is -2.47. The van der Waals surface area contributed by atoms with Crippen LogP contribution in [0.15, 0.2) is 54.6 Å². The average molecular weight is 488 g/mol. The molecule has 2 aliphatic heterocycles. The first-order valence-corrected chi connectivity index (χ1v) is 12.0. The predicted octanol–water partition coefficient (Wildman–Crippen LogP) is 3.77. The summed E-state index contributed by atoms with van der Waals surface area (Å²) in [5, 5.41) is 2.85. The summed E-state index contributed by atoms with van der Waals surface area (Å²) < 4.78 is 13.0. The summed E-state index contributed by atoms with van der Waals surface area (Å²) in [6, 6.07) is 16.4. The quantitative estimate of drug-likeness (QED) is 0.405. The highest BCUT2D eigenvalue weighted by Gasteiger charge is 2.55. The molecule has 186 valence electrons. The first-order valence-electron chi connectivity index (χ1n) is 12.0. The number of para-hydroxylation sites is 1. The molecule has 0 unspecified atom stereocenters. The molecule has 1 spiro atoms. The van der Waals surface area contributed by atoms with Gasteiger partial charge in [0.05, 0.1) is 20.3 Å². The molecule has 0 saturated carbocycles. The number of rotatable bonds is 7. The maximum atomic E-state index is 13.5. The number of carbonyl (C=O) groups is 3. The third kappa shape index (κ3) is 3.92. The molecule has 1 N–H and O–H groups in total. The van der Waals surface area contributed by atoms with Gasteiger partial charge in [-0.3, -0.25) is 14.5 Å². The summed E-state index contributed by atoms with van der Waals surface area (Å²) in [6.45, 7) is 4.56. The first kappa shape index (κ1) is 23.7. The fraction of sp³-hybridized carbons (Fsp3) is 0.321. The van der Waals surface area contributed by atoms with E-state index in [0.717, 1.165) is 34.0 Å². The highest BCUT2D eigenvalue weighted by Crippen LogP contribution is 2.41. The summed E-state index contributed by atoms with van der Waals surface area (Å²) in [4.78, 5) is 40.7. The molecule has 0 bridgehead atoms. The first-order chi connectivity index (χ1) is 17.3. The van der Waals surface area contributed by atoms with Gasteiger partial charge in [0.2, 0.25) is 0 Å². The molecular formula is C28H29N3O5. The third-order valence-corrected chi connectivity index (χ3v) is 7.22. The van der Waals surface area contributed by atoms with Crippen LogP contribution in [0, 0.1) is 13.8 Å². The molecule has 2 aliphatic rings. The second-order valence-electron chi connectivity index (χ2n) is 9.28. The zero-order valence-corrected chi connectivity index (χ0v) is 20.7. The second kappa shape index (κ2) is 9.18. The van der Waals surface area contributed by atoms with Crippen molar-refractivity contribution < 1.29 is 23.9 Å². The van der Waals surface area contributed by atoms with E-state index in [4.69, 9.17) is 9.47 Å². The Kier molecular flexibility index (Phi) is 6.04. The van der Waals surface area contributed by atoms with E-state index in [1.54, 1.807) is 19.2 Å². The van der Waals surface area contributed by atoms with E-state index in [0.29, 0.717) is 36.4 Å². The van der Waals surface area contributed by atoms with E-state index in [1.165, 1.54) is 0 Å². The van der Waals surface area contributed by atoms with E-state index >= 15 is 0 Å². The SMILES string of the molecule is COc1ccc(CCn2c(C)cc(C(=O)CN3C(=O)N[C@]4(CCOc5ccccc54)C3=O)c2C)cc1. The highest BCUT2D eigenvalue weighted by molar-refractivity contribution is 6.12. The summed E-state index contributed by atoms with van der Waals surface area (Å²) in [5.74, 6) is 0.710. The van der Waals surface area contributed by atoms with Gasteiger partial charge in [0.25, 0.3) is 5.91 Å². The van der Waals surface area contributed by atoms with Gasteiger partial charge in [-0.15, -0.1) is 0 Å². The molecular weight excluding hydrogens is 458 g/mol. The van der Waals surface area contributed by atoms with Crippen LogP contribution in [0.3, 0.4) is 0 Å². The number of amides is 3. The molecule has 3 heterocycles. The number of urea groups is 1. The predicted molar refractivity (Wildman–Crippen MR) is 133 cm³/mol. The molecule has 3 aromatic rings. The van der Waals surface area contributed by atoms with Crippen LogP contribution < -0.4 is 14.8 Å². The monoisotopic (exact) mass is 487 g/mol. The van der Waals surface area contributed by atoms with Crippen molar-refractivity contribution in [1.29, 1.82) is 0 Å². The van der Waals surface area contributed by atoms with Crippen molar-refractivity contribution in [3.63, 3.8) is 0 Å². The van der Waals surface area contributed by atoms with Crippen molar-refractivity contribution in [2.45, 2.75) is 38.8 Å². The van der Waals surface area contributed by atoms with Gasteiger partial charge in [-0.2, -0.15) is 0 Å². The fourth-order valence-electron chi connectivity index (χ4n) is 5.20. The van der Waals surface area contributed by atoms with Crippen molar-refractivity contribution >= 4 is 17.7 Å². The maximum absolute atomic E-state index is 13.5. The van der Waals surface area contributed by atoms with E-state index in [2.05, 4.69) is 9.88 Å². The highest BCUT2D eigenvalue weighted by atomic mass is 16.5. The molecule has 36 heavy (non-hydrogen) atoms. The number of carbonyl (C=O) groups excluding carboxylic acids is 3. The molecule has 1 atom stereocenters. The smallest absolute Gasteiger partial charge is 0.325 e. The Balaban J connectivity index is 1.32. The van der Waals surface area contributed by atoms with Crippen molar-refractivity contribution in [1.82, 2.24) is 14.8 Å². The lowest BCUT2D eigenvalue weighted by Gasteiger charge is -2.33. The van der Waals surface area contributed by atoms with Crippen LogP contribution in [-0.4, -0.2) is 47.4 Å². The second-order valence-corrected chi connectivity index (χ2v) is 9.28. The summed E-state index contributed by atoms with van der Waals surface area (Å²) in [6.07, 6.45) is 1.12. The molecule has 5 rings (SSSR count). The number of fused-ring (bicyclic) bond motifs is 2. The Labute approximate surface area is 209 Å². The zero-order valence-electron chi connectivity index (χ0n) is 20.7. The number of hydrogen-bond donors (Lipinski definition) is 1. The Morgan fingerprint density at radius 1 is 1.11 bits per heavy atom. The van der Waals surface area contributed by atoms with Gasteiger partial charge in [-0.25, -0.2) is 4.79 Å². The summed E-state index contributed by atoms with van der Waals surface area (Å²) >= 11 is 0. The Morgan fingerprint density at radius 3 is 2.61 bits per heavy atom. The minimum atomic E-state index is -1.19. The lowest BCUT2D eigenvalue weighted by molar-refractivity contribution is -0.132. The Hall–Kier alpha value is -4.07. The molecule has 1 aromatic heterocycles. The Bertz CT molecular complexity index is 1340. The number of Topliss-reactive ketones (excluding diaryl/α,β-unsaturated/α-hetero) is 1. The number of aryl methyl sites for hydroxylation is 2. The van der Waals surface area contributed by atoms with Crippen LogP contribution in [0.25, 0.3) is 0 Å². The molecule has 8 nitrogen and oxygen atoms in total. The zero-order chi connectivity index (χ0) is 25.4. The van der Waals surface area contributed by atoms with E-state index < -0.39 is 17.5 Å². The minimum absolute atomic E-state index is 0.264. The number of nitrogens with one attached hydrogen (secondary N) is 1. The van der Waals surface area contributed by atoms with Crippen LogP contribution in [-0.2, 0) is 23.3 Å².